The summed E-state index contributed by atoms with van der Waals surface area (Å²) in [6, 6.07) is 11.2. The van der Waals surface area contributed by atoms with Crippen molar-refractivity contribution in [3.8, 4) is 0 Å². The fourth-order valence-corrected chi connectivity index (χ4v) is 5.62. The van der Waals surface area contributed by atoms with Gasteiger partial charge in [0.25, 0.3) is 0 Å². The van der Waals surface area contributed by atoms with Gasteiger partial charge in [0.15, 0.2) is 0 Å². The summed E-state index contributed by atoms with van der Waals surface area (Å²) in [5, 5.41) is 3.18. The standard InChI is InChI=1S/C23H35N3O/c1-3-16-25(2)23(20-10-5-4-6-11-20)14-12-22(13-15-23)18-24-21(27)26(22)17-19-8-7-9-19/h4-6,10-11,19H,3,7-9,12-18H2,1-2H3,(H,24,27)/t22-,23-. The Morgan fingerprint density at radius 2 is 1.85 bits per heavy atom. The van der Waals surface area contributed by atoms with E-state index < -0.39 is 0 Å². The highest BCUT2D eigenvalue weighted by Gasteiger charge is 2.52. The van der Waals surface area contributed by atoms with Crippen LogP contribution in [0.25, 0.3) is 0 Å². The van der Waals surface area contributed by atoms with Crippen LogP contribution in [0.15, 0.2) is 30.3 Å². The van der Waals surface area contributed by atoms with Crippen LogP contribution in [0.3, 0.4) is 0 Å². The van der Waals surface area contributed by atoms with E-state index in [0.29, 0.717) is 0 Å². The highest BCUT2D eigenvalue weighted by atomic mass is 16.2. The molecule has 148 valence electrons. The predicted octanol–water partition coefficient (Wildman–Crippen LogP) is 4.36. The lowest BCUT2D eigenvalue weighted by atomic mass is 9.68. The SMILES string of the molecule is CCCN(C)[C@]1(c2ccccc2)CC[C@@]2(CC1)CNC(=O)N2CC1CCC1. The molecule has 1 saturated heterocycles. The van der Waals surface area contributed by atoms with E-state index in [0.717, 1.165) is 51.2 Å². The van der Waals surface area contributed by atoms with Crippen molar-refractivity contribution in [3.63, 3.8) is 0 Å². The molecule has 3 fully saturated rings. The minimum absolute atomic E-state index is 0.0397. The Morgan fingerprint density at radius 1 is 1.15 bits per heavy atom. The summed E-state index contributed by atoms with van der Waals surface area (Å²) in [4.78, 5) is 17.4. The van der Waals surface area contributed by atoms with E-state index >= 15 is 0 Å². The molecular weight excluding hydrogens is 334 g/mol. The number of amides is 2. The summed E-state index contributed by atoms with van der Waals surface area (Å²) in [6.07, 6.45) is 9.56. The average molecular weight is 370 g/mol. The second-order valence-electron chi connectivity index (χ2n) is 9.11. The van der Waals surface area contributed by atoms with Gasteiger partial charge in [-0.15, -0.1) is 0 Å². The maximum absolute atomic E-state index is 12.6. The van der Waals surface area contributed by atoms with Gasteiger partial charge in [-0.1, -0.05) is 43.7 Å². The predicted molar refractivity (Wildman–Crippen MR) is 110 cm³/mol. The fraction of sp³-hybridized carbons (Fsp3) is 0.696. The molecule has 2 amide bonds. The number of benzene rings is 1. The molecule has 1 aromatic carbocycles. The van der Waals surface area contributed by atoms with Gasteiger partial charge in [-0.3, -0.25) is 4.90 Å². The third kappa shape index (κ3) is 3.26. The quantitative estimate of drug-likeness (QED) is 0.808. The molecule has 1 N–H and O–H groups in total. The van der Waals surface area contributed by atoms with Crippen LogP contribution in [0.4, 0.5) is 4.79 Å². The van der Waals surface area contributed by atoms with E-state index in [9.17, 15) is 4.79 Å². The molecule has 0 atom stereocenters. The molecule has 0 radical (unpaired) electrons. The molecule has 0 unspecified atom stereocenters. The van der Waals surface area contributed by atoms with Crippen molar-refractivity contribution in [2.24, 2.45) is 5.92 Å². The summed E-state index contributed by atoms with van der Waals surface area (Å²) in [5.74, 6) is 0.731. The summed E-state index contributed by atoms with van der Waals surface area (Å²) in [7, 11) is 2.29. The molecule has 1 aromatic rings. The molecule has 4 nitrogen and oxygen atoms in total. The largest absolute Gasteiger partial charge is 0.336 e. The van der Waals surface area contributed by atoms with Crippen molar-refractivity contribution in [1.29, 1.82) is 0 Å². The van der Waals surface area contributed by atoms with Crippen LogP contribution in [0.2, 0.25) is 0 Å². The second kappa shape index (κ2) is 7.46. The Labute approximate surface area is 164 Å². The second-order valence-corrected chi connectivity index (χ2v) is 9.11. The van der Waals surface area contributed by atoms with Crippen molar-refractivity contribution in [2.75, 3.05) is 26.7 Å². The minimum Gasteiger partial charge on any atom is -0.336 e. The van der Waals surface area contributed by atoms with Crippen LogP contribution in [0.1, 0.15) is 63.9 Å². The Balaban J connectivity index is 1.56. The van der Waals surface area contributed by atoms with Crippen LogP contribution in [-0.4, -0.2) is 48.1 Å². The molecule has 27 heavy (non-hydrogen) atoms. The minimum atomic E-state index is 0.0397. The number of hydrogen-bond donors (Lipinski definition) is 1. The Bertz CT molecular complexity index is 647. The number of carbonyl (C=O) groups is 1. The lowest BCUT2D eigenvalue weighted by molar-refractivity contribution is 0.00590. The van der Waals surface area contributed by atoms with Gasteiger partial charge in [0.2, 0.25) is 0 Å². The maximum Gasteiger partial charge on any atom is 0.318 e. The molecule has 2 saturated carbocycles. The number of rotatable bonds is 6. The zero-order valence-corrected chi connectivity index (χ0v) is 17.0. The molecular formula is C23H35N3O. The molecule has 3 aliphatic rings. The fourth-order valence-electron chi connectivity index (χ4n) is 5.62. The van der Waals surface area contributed by atoms with Gasteiger partial charge in [-0.2, -0.15) is 0 Å². The van der Waals surface area contributed by atoms with Crippen LogP contribution in [-0.2, 0) is 5.54 Å². The first-order chi connectivity index (χ1) is 13.1. The van der Waals surface area contributed by atoms with E-state index in [-0.39, 0.29) is 17.1 Å². The van der Waals surface area contributed by atoms with Gasteiger partial charge >= 0.3 is 6.03 Å². The number of nitrogens with one attached hydrogen (secondary N) is 1. The van der Waals surface area contributed by atoms with Crippen molar-refractivity contribution < 1.29 is 4.79 Å². The van der Waals surface area contributed by atoms with E-state index in [1.54, 1.807) is 0 Å². The first-order valence-electron chi connectivity index (χ1n) is 10.9. The third-order valence-corrected chi connectivity index (χ3v) is 7.66. The number of nitrogens with zero attached hydrogens (tertiary/aromatic N) is 2. The molecule has 0 bridgehead atoms. The van der Waals surface area contributed by atoms with Crippen LogP contribution in [0, 0.1) is 5.92 Å². The van der Waals surface area contributed by atoms with E-state index in [1.165, 1.54) is 31.2 Å². The van der Waals surface area contributed by atoms with Crippen LogP contribution in [0.5, 0.6) is 0 Å². The van der Waals surface area contributed by atoms with Crippen LogP contribution >= 0.6 is 0 Å². The van der Waals surface area contributed by atoms with Gasteiger partial charge in [-0.05, 0) is 70.0 Å². The molecule has 4 rings (SSSR count). The summed E-state index contributed by atoms with van der Waals surface area (Å²) in [6.45, 7) is 5.18. The topological polar surface area (TPSA) is 35.6 Å². The summed E-state index contributed by atoms with van der Waals surface area (Å²) >= 11 is 0. The zero-order chi connectivity index (χ0) is 18.9. The maximum atomic E-state index is 12.6. The monoisotopic (exact) mass is 369 g/mol. The molecule has 0 aromatic heterocycles. The Hall–Kier alpha value is -1.55. The highest BCUT2D eigenvalue weighted by molar-refractivity contribution is 5.78. The van der Waals surface area contributed by atoms with Gasteiger partial charge < -0.3 is 10.2 Å². The normalized spacial score (nSPS) is 31.4. The molecule has 2 aliphatic carbocycles. The molecule has 1 aliphatic heterocycles. The summed E-state index contributed by atoms with van der Waals surface area (Å²) in [5.41, 5.74) is 1.59. The zero-order valence-electron chi connectivity index (χ0n) is 17.0. The Kier molecular flexibility index (Phi) is 5.19. The van der Waals surface area contributed by atoms with E-state index in [4.69, 9.17) is 0 Å². The van der Waals surface area contributed by atoms with Crippen LogP contribution < -0.4 is 5.32 Å². The number of urea groups is 1. The van der Waals surface area contributed by atoms with Gasteiger partial charge in [-0.25, -0.2) is 4.79 Å². The van der Waals surface area contributed by atoms with Gasteiger partial charge in [0.1, 0.15) is 0 Å². The smallest absolute Gasteiger partial charge is 0.318 e. The number of hydrogen-bond acceptors (Lipinski definition) is 2. The highest BCUT2D eigenvalue weighted by Crippen LogP contribution is 2.48. The van der Waals surface area contributed by atoms with Gasteiger partial charge in [0, 0.05) is 18.6 Å². The lowest BCUT2D eigenvalue weighted by Crippen LogP contribution is -2.57. The third-order valence-electron chi connectivity index (χ3n) is 7.66. The average Bonchev–Trinajstić information content (AvgIpc) is 2.96. The van der Waals surface area contributed by atoms with Crippen molar-refractivity contribution >= 4 is 6.03 Å². The van der Waals surface area contributed by atoms with Gasteiger partial charge in [0.05, 0.1) is 5.54 Å². The lowest BCUT2D eigenvalue weighted by Gasteiger charge is -2.52. The summed E-state index contributed by atoms with van der Waals surface area (Å²) < 4.78 is 0. The first kappa shape index (κ1) is 18.8. The van der Waals surface area contributed by atoms with Crippen molar-refractivity contribution in [1.82, 2.24) is 15.1 Å². The Morgan fingerprint density at radius 3 is 2.44 bits per heavy atom. The molecule has 4 heteroatoms. The number of carbonyl (C=O) groups excluding carboxylic acids is 1. The van der Waals surface area contributed by atoms with E-state index in [1.807, 2.05) is 0 Å². The first-order valence-corrected chi connectivity index (χ1v) is 10.9. The van der Waals surface area contributed by atoms with Crippen molar-refractivity contribution in [3.05, 3.63) is 35.9 Å². The molecule has 1 heterocycles. The molecule has 1 spiro atoms. The van der Waals surface area contributed by atoms with Crippen molar-refractivity contribution in [2.45, 2.75) is 69.4 Å². The van der Waals surface area contributed by atoms with E-state index in [2.05, 4.69) is 59.4 Å².